The van der Waals surface area contributed by atoms with Gasteiger partial charge in [-0.3, -0.25) is 0 Å². The van der Waals surface area contributed by atoms with Crippen molar-refractivity contribution in [2.45, 2.75) is 24.9 Å². The highest BCUT2D eigenvalue weighted by atomic mass is 32.2. The Morgan fingerprint density at radius 3 is 2.68 bits per heavy atom. The van der Waals surface area contributed by atoms with E-state index in [1.165, 1.54) is 0 Å². The van der Waals surface area contributed by atoms with Gasteiger partial charge in [-0.05, 0) is 17.5 Å². The molecule has 1 rings (SSSR count). The highest BCUT2D eigenvalue weighted by Gasteiger charge is 2.25. The zero-order valence-corrected chi connectivity index (χ0v) is 11.7. The van der Waals surface area contributed by atoms with Crippen molar-refractivity contribution < 1.29 is 12.9 Å². The summed E-state index contributed by atoms with van der Waals surface area (Å²) in [6, 6.07) is 7.52. The van der Waals surface area contributed by atoms with E-state index in [2.05, 4.69) is 4.18 Å². The first kappa shape index (κ1) is 16.2. The van der Waals surface area contributed by atoms with Crippen LogP contribution in [0.5, 0.6) is 0 Å². The van der Waals surface area contributed by atoms with Crippen LogP contribution in [0.2, 0.25) is 0 Å². The molecule has 0 aromatic heterocycles. The van der Waals surface area contributed by atoms with E-state index < -0.39 is 17.5 Å². The lowest BCUT2D eigenvalue weighted by molar-refractivity contribution is 0.260. The maximum absolute atomic E-state index is 10.4. The molecule has 0 amide bonds. The molecule has 1 aromatic carbocycles. The Labute approximate surface area is 115 Å². The average molecular weight is 286 g/mol. The summed E-state index contributed by atoms with van der Waals surface area (Å²) in [7, 11) is 0. The molecule has 0 aliphatic carbocycles. The second-order valence-electron chi connectivity index (χ2n) is 4.69. The van der Waals surface area contributed by atoms with Crippen LogP contribution in [0.25, 0.3) is 0 Å². The molecule has 19 heavy (non-hydrogen) atoms. The molecule has 0 bridgehead atoms. The van der Waals surface area contributed by atoms with Crippen molar-refractivity contribution in [2.75, 3.05) is 13.2 Å². The highest BCUT2D eigenvalue weighted by molar-refractivity contribution is 7.74. The number of hydrogen-bond donors (Lipinski definition) is 3. The molecular weight excluding hydrogens is 266 g/mol. The standard InChI is InChI=1S/C12H21N3O3S/c1-12(8-13,5-6-18-19(16)17)10-4-2-3-9(7-10)11(14)15/h2-4,7,11H,5-6,8,13-15H2,1H3,(H,16,17)/p-1. The first-order chi connectivity index (χ1) is 8.89. The lowest BCUT2D eigenvalue weighted by atomic mass is 9.79. The monoisotopic (exact) mass is 286 g/mol. The first-order valence-corrected chi connectivity index (χ1v) is 6.93. The van der Waals surface area contributed by atoms with Crippen LogP contribution >= 0.6 is 0 Å². The summed E-state index contributed by atoms with van der Waals surface area (Å²) in [6.07, 6.45) is -0.0619. The normalized spacial score (nSPS) is 16.3. The van der Waals surface area contributed by atoms with E-state index in [9.17, 15) is 8.76 Å². The lowest BCUT2D eigenvalue weighted by Crippen LogP contribution is -2.33. The fraction of sp³-hybridized carbons (Fsp3) is 0.500. The summed E-state index contributed by atoms with van der Waals surface area (Å²) < 4.78 is 25.3. The average Bonchev–Trinajstić information content (AvgIpc) is 2.38. The van der Waals surface area contributed by atoms with Gasteiger partial charge >= 0.3 is 0 Å². The van der Waals surface area contributed by atoms with E-state index in [4.69, 9.17) is 17.2 Å². The van der Waals surface area contributed by atoms with Gasteiger partial charge in [-0.2, -0.15) is 0 Å². The molecule has 2 unspecified atom stereocenters. The minimum absolute atomic E-state index is 0.0860. The number of hydrogen-bond acceptors (Lipinski definition) is 6. The predicted molar refractivity (Wildman–Crippen MR) is 73.5 cm³/mol. The third kappa shape index (κ3) is 4.64. The second kappa shape index (κ2) is 7.09. The van der Waals surface area contributed by atoms with E-state index in [1.807, 2.05) is 31.2 Å². The molecule has 0 radical (unpaired) electrons. The molecular formula is C12H20N3O3S-. The van der Waals surface area contributed by atoms with Gasteiger partial charge < -0.3 is 25.9 Å². The van der Waals surface area contributed by atoms with E-state index in [0.717, 1.165) is 11.1 Å². The largest absolute Gasteiger partial charge is 0.750 e. The molecule has 0 aliphatic heterocycles. The van der Waals surface area contributed by atoms with Crippen molar-refractivity contribution in [2.24, 2.45) is 17.2 Å². The van der Waals surface area contributed by atoms with E-state index in [-0.39, 0.29) is 12.0 Å². The van der Waals surface area contributed by atoms with Crippen LogP contribution in [0.15, 0.2) is 24.3 Å². The molecule has 0 saturated heterocycles. The smallest absolute Gasteiger partial charge is 0.0842 e. The quantitative estimate of drug-likeness (QED) is 0.479. The molecule has 0 aliphatic rings. The van der Waals surface area contributed by atoms with Crippen LogP contribution in [0.4, 0.5) is 0 Å². The Hall–Kier alpha value is -0.830. The summed E-state index contributed by atoms with van der Waals surface area (Å²) in [5.41, 5.74) is 18.5. The van der Waals surface area contributed by atoms with Gasteiger partial charge in [-0.25, -0.2) is 4.21 Å². The Kier molecular flexibility index (Phi) is 6.05. The minimum Gasteiger partial charge on any atom is -0.750 e. The molecule has 6 nitrogen and oxygen atoms in total. The van der Waals surface area contributed by atoms with Gasteiger partial charge in [0.1, 0.15) is 0 Å². The molecule has 6 N–H and O–H groups in total. The van der Waals surface area contributed by atoms with Gasteiger partial charge in [0.2, 0.25) is 0 Å². The summed E-state index contributed by atoms with van der Waals surface area (Å²) in [6.45, 7) is 2.40. The molecule has 2 atom stereocenters. The Morgan fingerprint density at radius 1 is 1.47 bits per heavy atom. The Bertz CT molecular complexity index is 442. The zero-order valence-electron chi connectivity index (χ0n) is 10.9. The topological polar surface area (TPSA) is 127 Å². The first-order valence-electron chi connectivity index (χ1n) is 5.93. The SMILES string of the molecule is CC(CN)(CCOS(=O)[O-])c1cccc(C(N)N)c1. The van der Waals surface area contributed by atoms with Crippen molar-refractivity contribution >= 4 is 11.4 Å². The van der Waals surface area contributed by atoms with Crippen molar-refractivity contribution in [3.05, 3.63) is 35.4 Å². The summed E-state index contributed by atoms with van der Waals surface area (Å²) in [5.74, 6) is 0. The molecule has 0 heterocycles. The molecule has 0 spiro atoms. The van der Waals surface area contributed by atoms with Crippen LogP contribution in [0, 0.1) is 0 Å². The lowest BCUT2D eigenvalue weighted by Gasteiger charge is -2.29. The van der Waals surface area contributed by atoms with Crippen molar-refractivity contribution in [1.29, 1.82) is 0 Å². The van der Waals surface area contributed by atoms with Gasteiger partial charge in [0.25, 0.3) is 0 Å². The molecule has 1 aromatic rings. The van der Waals surface area contributed by atoms with Crippen LogP contribution in [0.3, 0.4) is 0 Å². The molecule has 0 fully saturated rings. The predicted octanol–water partition coefficient (Wildman–Crippen LogP) is 0.0198. The van der Waals surface area contributed by atoms with Crippen LogP contribution in [-0.2, 0) is 21.0 Å². The zero-order chi connectivity index (χ0) is 14.5. The van der Waals surface area contributed by atoms with Gasteiger partial charge in [0.05, 0.1) is 24.1 Å². The minimum atomic E-state index is -2.50. The maximum atomic E-state index is 10.4. The van der Waals surface area contributed by atoms with Crippen LogP contribution in [0.1, 0.15) is 30.6 Å². The second-order valence-corrected chi connectivity index (χ2v) is 5.34. The van der Waals surface area contributed by atoms with Crippen molar-refractivity contribution in [1.82, 2.24) is 0 Å². The maximum Gasteiger partial charge on any atom is 0.0842 e. The van der Waals surface area contributed by atoms with E-state index in [0.29, 0.717) is 13.0 Å². The van der Waals surface area contributed by atoms with Crippen LogP contribution < -0.4 is 17.2 Å². The van der Waals surface area contributed by atoms with Gasteiger partial charge in [0.15, 0.2) is 0 Å². The van der Waals surface area contributed by atoms with E-state index in [1.54, 1.807) is 0 Å². The van der Waals surface area contributed by atoms with E-state index >= 15 is 0 Å². The number of rotatable bonds is 7. The molecule has 108 valence electrons. The third-order valence-corrected chi connectivity index (χ3v) is 3.61. The van der Waals surface area contributed by atoms with Crippen LogP contribution in [-0.4, -0.2) is 21.9 Å². The summed E-state index contributed by atoms with van der Waals surface area (Å²) in [4.78, 5) is 0. The molecule has 7 heteroatoms. The number of nitrogens with two attached hydrogens (primary N) is 3. The van der Waals surface area contributed by atoms with Gasteiger partial charge in [-0.1, -0.05) is 31.2 Å². The third-order valence-electron chi connectivity index (χ3n) is 3.25. The Balaban J connectivity index is 2.87. The van der Waals surface area contributed by atoms with Gasteiger partial charge in [0, 0.05) is 12.0 Å². The summed E-state index contributed by atoms with van der Waals surface area (Å²) in [5, 5.41) is 0. The fourth-order valence-corrected chi connectivity index (χ4v) is 2.04. The Morgan fingerprint density at radius 2 is 2.16 bits per heavy atom. The number of benzene rings is 1. The molecule has 0 saturated carbocycles. The van der Waals surface area contributed by atoms with Crippen molar-refractivity contribution in [3.8, 4) is 0 Å². The highest BCUT2D eigenvalue weighted by Crippen LogP contribution is 2.28. The summed E-state index contributed by atoms with van der Waals surface area (Å²) >= 11 is -2.50. The van der Waals surface area contributed by atoms with Crippen molar-refractivity contribution in [3.63, 3.8) is 0 Å². The fourth-order valence-electron chi connectivity index (χ4n) is 1.82. The van der Waals surface area contributed by atoms with Gasteiger partial charge in [-0.15, -0.1) is 0 Å².